The van der Waals surface area contributed by atoms with Crippen molar-refractivity contribution in [2.24, 2.45) is 5.92 Å². The molecule has 2 rings (SSSR count). The lowest BCUT2D eigenvalue weighted by Gasteiger charge is -2.28. The predicted octanol–water partition coefficient (Wildman–Crippen LogP) is 2.89. The maximum Gasteiger partial charge on any atom is 0.288 e. The van der Waals surface area contributed by atoms with Gasteiger partial charge in [-0.15, -0.1) is 0 Å². The number of amides is 1. The molecule has 0 bridgehead atoms. The minimum absolute atomic E-state index is 0.108. The van der Waals surface area contributed by atoms with Gasteiger partial charge in [-0.25, -0.2) is 0 Å². The number of nitrogens with one attached hydrogen (secondary N) is 1. The van der Waals surface area contributed by atoms with Gasteiger partial charge < -0.3 is 10.4 Å². The summed E-state index contributed by atoms with van der Waals surface area (Å²) in [6, 6.07) is 6.04. The van der Waals surface area contributed by atoms with Crippen molar-refractivity contribution in [2.75, 3.05) is 6.61 Å². The SMILES string of the molecule is CC(CO)(NC(=O)c1ccc(SC(F)F)cc1)C1CC1. The smallest absolute Gasteiger partial charge is 0.288 e. The van der Waals surface area contributed by atoms with Gasteiger partial charge in [0.25, 0.3) is 11.7 Å². The zero-order valence-corrected chi connectivity index (χ0v) is 11.9. The molecule has 0 spiro atoms. The highest BCUT2D eigenvalue weighted by Crippen LogP contribution is 2.39. The Bertz CT molecular complexity index is 477. The number of carbonyl (C=O) groups excluding carboxylic acids is 1. The van der Waals surface area contributed by atoms with Crippen LogP contribution in [0.3, 0.4) is 0 Å². The van der Waals surface area contributed by atoms with Crippen molar-refractivity contribution in [1.29, 1.82) is 0 Å². The lowest BCUT2D eigenvalue weighted by atomic mass is 9.96. The van der Waals surface area contributed by atoms with Crippen LogP contribution in [0.2, 0.25) is 0 Å². The number of rotatable bonds is 6. The molecule has 1 amide bonds. The monoisotopic (exact) mass is 301 g/mol. The van der Waals surface area contributed by atoms with Gasteiger partial charge in [0.05, 0.1) is 12.1 Å². The Morgan fingerprint density at radius 1 is 1.45 bits per heavy atom. The Labute approximate surface area is 120 Å². The molecule has 110 valence electrons. The standard InChI is InChI=1S/C14H17F2NO2S/c1-14(8-18,10-4-5-10)17-12(19)9-2-6-11(7-3-9)20-13(15)16/h2-3,6-7,10,13,18H,4-5,8H2,1H3,(H,17,19). The summed E-state index contributed by atoms with van der Waals surface area (Å²) in [6.07, 6.45) is 2.00. The lowest BCUT2D eigenvalue weighted by Crippen LogP contribution is -2.50. The molecule has 0 aliphatic heterocycles. The fraction of sp³-hybridized carbons (Fsp3) is 0.500. The highest BCUT2D eigenvalue weighted by atomic mass is 32.2. The second kappa shape index (κ2) is 6.10. The van der Waals surface area contributed by atoms with Gasteiger partial charge in [0.2, 0.25) is 0 Å². The molecule has 1 aliphatic carbocycles. The van der Waals surface area contributed by atoms with Crippen LogP contribution in [-0.4, -0.2) is 28.9 Å². The predicted molar refractivity (Wildman–Crippen MR) is 74.0 cm³/mol. The fourth-order valence-electron chi connectivity index (χ4n) is 2.11. The van der Waals surface area contributed by atoms with Crippen LogP contribution in [0.15, 0.2) is 29.2 Å². The second-order valence-corrected chi connectivity index (χ2v) is 6.27. The van der Waals surface area contributed by atoms with Crippen LogP contribution in [0.4, 0.5) is 8.78 Å². The molecule has 1 saturated carbocycles. The fourth-order valence-corrected chi connectivity index (χ4v) is 2.61. The first-order valence-electron chi connectivity index (χ1n) is 6.43. The van der Waals surface area contributed by atoms with Crippen LogP contribution >= 0.6 is 11.8 Å². The Kier molecular flexibility index (Phi) is 4.65. The summed E-state index contributed by atoms with van der Waals surface area (Å²) in [6.45, 7) is 1.71. The second-order valence-electron chi connectivity index (χ2n) is 5.21. The molecule has 0 aromatic heterocycles. The number of halogens is 2. The Balaban J connectivity index is 2.01. The summed E-state index contributed by atoms with van der Waals surface area (Å²) < 4.78 is 24.4. The highest BCUT2D eigenvalue weighted by Gasteiger charge is 2.42. The van der Waals surface area contributed by atoms with E-state index in [9.17, 15) is 18.7 Å². The molecular formula is C14H17F2NO2S. The summed E-state index contributed by atoms with van der Waals surface area (Å²) in [5.74, 6) is -2.45. The molecule has 1 fully saturated rings. The molecule has 1 atom stereocenters. The van der Waals surface area contributed by atoms with E-state index in [0.29, 0.717) is 28.1 Å². The van der Waals surface area contributed by atoms with Gasteiger partial charge in [-0.1, -0.05) is 11.8 Å². The zero-order chi connectivity index (χ0) is 14.8. The number of benzene rings is 1. The Hall–Kier alpha value is -1.14. The van der Waals surface area contributed by atoms with Crippen LogP contribution in [-0.2, 0) is 0 Å². The molecule has 0 radical (unpaired) electrons. The average Bonchev–Trinajstić information content (AvgIpc) is 3.23. The van der Waals surface area contributed by atoms with Crippen LogP contribution in [0, 0.1) is 5.92 Å². The maximum absolute atomic E-state index is 12.2. The van der Waals surface area contributed by atoms with Crippen molar-refractivity contribution < 1.29 is 18.7 Å². The van der Waals surface area contributed by atoms with E-state index in [1.807, 2.05) is 6.92 Å². The van der Waals surface area contributed by atoms with E-state index in [2.05, 4.69) is 5.32 Å². The summed E-state index contributed by atoms with van der Waals surface area (Å²) in [4.78, 5) is 12.5. The minimum atomic E-state index is -2.47. The van der Waals surface area contributed by atoms with Crippen molar-refractivity contribution in [3.63, 3.8) is 0 Å². The number of aliphatic hydroxyl groups excluding tert-OH is 1. The molecule has 0 saturated heterocycles. The number of hydrogen-bond acceptors (Lipinski definition) is 3. The summed E-state index contributed by atoms with van der Waals surface area (Å²) in [5.41, 5.74) is -0.197. The van der Waals surface area contributed by atoms with E-state index in [0.717, 1.165) is 12.8 Å². The molecule has 3 nitrogen and oxygen atoms in total. The van der Waals surface area contributed by atoms with Gasteiger partial charge in [-0.05, 0) is 49.9 Å². The topological polar surface area (TPSA) is 49.3 Å². The Morgan fingerprint density at radius 3 is 2.50 bits per heavy atom. The minimum Gasteiger partial charge on any atom is -0.394 e. The molecule has 1 aromatic rings. The number of carbonyl (C=O) groups is 1. The van der Waals surface area contributed by atoms with Gasteiger partial charge >= 0.3 is 0 Å². The van der Waals surface area contributed by atoms with Crippen LogP contribution in [0.1, 0.15) is 30.1 Å². The summed E-state index contributed by atoms with van der Waals surface area (Å²) in [7, 11) is 0. The Morgan fingerprint density at radius 2 is 2.05 bits per heavy atom. The van der Waals surface area contributed by atoms with Crippen LogP contribution < -0.4 is 5.32 Å². The van der Waals surface area contributed by atoms with Crippen LogP contribution in [0.25, 0.3) is 0 Å². The lowest BCUT2D eigenvalue weighted by molar-refractivity contribution is 0.0824. The van der Waals surface area contributed by atoms with Gasteiger partial charge in [-0.3, -0.25) is 4.79 Å². The maximum atomic E-state index is 12.2. The van der Waals surface area contributed by atoms with Gasteiger partial charge in [-0.2, -0.15) is 8.78 Å². The van der Waals surface area contributed by atoms with Gasteiger partial charge in [0.15, 0.2) is 0 Å². The first kappa shape index (κ1) is 15.3. The molecule has 20 heavy (non-hydrogen) atoms. The third kappa shape index (κ3) is 3.70. The third-order valence-electron chi connectivity index (χ3n) is 3.55. The molecule has 0 heterocycles. The van der Waals surface area contributed by atoms with E-state index in [1.165, 1.54) is 24.3 Å². The largest absolute Gasteiger partial charge is 0.394 e. The molecule has 1 aromatic carbocycles. The molecule has 1 aliphatic rings. The number of alkyl halides is 2. The van der Waals surface area contributed by atoms with Crippen molar-refractivity contribution in [1.82, 2.24) is 5.32 Å². The van der Waals surface area contributed by atoms with Crippen molar-refractivity contribution >= 4 is 17.7 Å². The zero-order valence-electron chi connectivity index (χ0n) is 11.1. The molecular weight excluding hydrogens is 284 g/mol. The first-order chi connectivity index (χ1) is 9.44. The van der Waals surface area contributed by atoms with E-state index in [-0.39, 0.29) is 12.5 Å². The first-order valence-corrected chi connectivity index (χ1v) is 7.31. The molecule has 1 unspecified atom stereocenters. The van der Waals surface area contributed by atoms with E-state index < -0.39 is 11.3 Å². The third-order valence-corrected chi connectivity index (χ3v) is 4.27. The van der Waals surface area contributed by atoms with E-state index in [4.69, 9.17) is 0 Å². The van der Waals surface area contributed by atoms with Crippen LogP contribution in [0.5, 0.6) is 0 Å². The molecule has 6 heteroatoms. The molecule has 2 N–H and O–H groups in total. The summed E-state index contributed by atoms with van der Waals surface area (Å²) >= 11 is 0.446. The normalized spacial score (nSPS) is 17.9. The summed E-state index contributed by atoms with van der Waals surface area (Å²) in [5, 5.41) is 12.3. The highest BCUT2D eigenvalue weighted by molar-refractivity contribution is 7.99. The van der Waals surface area contributed by atoms with Crippen molar-refractivity contribution in [3.05, 3.63) is 29.8 Å². The quantitative estimate of drug-likeness (QED) is 0.794. The number of hydrogen-bond donors (Lipinski definition) is 2. The van der Waals surface area contributed by atoms with E-state index >= 15 is 0 Å². The van der Waals surface area contributed by atoms with Crippen molar-refractivity contribution in [3.8, 4) is 0 Å². The number of thioether (sulfide) groups is 1. The van der Waals surface area contributed by atoms with Gasteiger partial charge in [0.1, 0.15) is 0 Å². The van der Waals surface area contributed by atoms with Crippen molar-refractivity contribution in [2.45, 2.75) is 36.0 Å². The van der Waals surface area contributed by atoms with Gasteiger partial charge in [0, 0.05) is 10.5 Å². The average molecular weight is 301 g/mol. The van der Waals surface area contributed by atoms with E-state index in [1.54, 1.807) is 0 Å². The number of aliphatic hydroxyl groups is 1.